The molecule has 1 aliphatic rings. The van der Waals surface area contributed by atoms with E-state index < -0.39 is 6.10 Å². The minimum Gasteiger partial charge on any atom is -0.390 e. The van der Waals surface area contributed by atoms with E-state index in [0.717, 1.165) is 4.47 Å². The summed E-state index contributed by atoms with van der Waals surface area (Å²) in [4.78, 5) is 0. The van der Waals surface area contributed by atoms with Crippen molar-refractivity contribution in [1.29, 1.82) is 0 Å². The lowest BCUT2D eigenvalue weighted by molar-refractivity contribution is 0.0358. The summed E-state index contributed by atoms with van der Waals surface area (Å²) in [6.07, 6.45) is 1.84. The monoisotopic (exact) mass is 383 g/mol. The Labute approximate surface area is 150 Å². The third-order valence-corrected chi connectivity index (χ3v) is 6.16. The SMILES string of the molecule is Cc1cc(Br)c2c3c1n(/c2=C/c1ccccc1)C(C)(C)[C@@H](O)[C@@H]3C. The fourth-order valence-corrected chi connectivity index (χ4v) is 5.13. The molecule has 4 bridgehead atoms. The van der Waals surface area contributed by atoms with Crippen molar-refractivity contribution in [3.05, 3.63) is 62.9 Å². The van der Waals surface area contributed by atoms with Gasteiger partial charge >= 0.3 is 0 Å². The zero-order valence-electron chi connectivity index (χ0n) is 14.5. The molecule has 2 aromatic carbocycles. The Balaban J connectivity index is 2.22. The summed E-state index contributed by atoms with van der Waals surface area (Å²) < 4.78 is 3.45. The molecule has 0 aliphatic carbocycles. The quantitative estimate of drug-likeness (QED) is 0.658. The lowest BCUT2D eigenvalue weighted by Crippen LogP contribution is -2.47. The van der Waals surface area contributed by atoms with Crippen LogP contribution in [-0.4, -0.2) is 15.8 Å². The first-order valence-corrected chi connectivity index (χ1v) is 9.21. The Morgan fingerprint density at radius 1 is 1.21 bits per heavy atom. The smallest absolute Gasteiger partial charge is 0.0836 e. The molecule has 0 spiro atoms. The highest BCUT2D eigenvalue weighted by Gasteiger charge is 2.43. The van der Waals surface area contributed by atoms with Gasteiger partial charge in [-0.1, -0.05) is 53.2 Å². The number of aliphatic hydroxyl groups excluding tert-OH is 1. The van der Waals surface area contributed by atoms with E-state index in [-0.39, 0.29) is 11.5 Å². The predicted molar refractivity (Wildman–Crippen MR) is 103 cm³/mol. The third kappa shape index (κ3) is 1.98. The van der Waals surface area contributed by atoms with Gasteiger partial charge in [0.25, 0.3) is 0 Å². The van der Waals surface area contributed by atoms with Crippen LogP contribution in [0.2, 0.25) is 0 Å². The number of nitrogens with zero attached hydrogens (tertiary/aromatic N) is 1. The molecule has 2 atom stereocenters. The van der Waals surface area contributed by atoms with Crippen LogP contribution in [0, 0.1) is 6.92 Å². The molecule has 0 amide bonds. The standard InChI is InChI=1S/C21H22BrNO/c1-12-10-15(22)18-16(11-14-8-6-5-7-9-14)23-19(12)17(18)13(2)20(24)21(23,3)4/h5-11,13,20,24H,1-4H3/b16-11+/t13-,20+/m1/s1. The number of hydrogen-bond donors (Lipinski definition) is 1. The van der Waals surface area contributed by atoms with Crippen molar-refractivity contribution in [3.63, 3.8) is 0 Å². The number of halogens is 1. The van der Waals surface area contributed by atoms with E-state index >= 15 is 0 Å². The maximum atomic E-state index is 10.9. The van der Waals surface area contributed by atoms with Gasteiger partial charge in [0.1, 0.15) is 0 Å². The summed E-state index contributed by atoms with van der Waals surface area (Å²) in [6, 6.07) is 12.6. The van der Waals surface area contributed by atoms with E-state index in [0.29, 0.717) is 0 Å². The van der Waals surface area contributed by atoms with Gasteiger partial charge in [-0.15, -0.1) is 0 Å². The number of benzene rings is 2. The molecular formula is C21H22BrNO. The molecule has 3 heteroatoms. The van der Waals surface area contributed by atoms with Crippen LogP contribution in [0.3, 0.4) is 0 Å². The van der Waals surface area contributed by atoms with Gasteiger partial charge in [-0.3, -0.25) is 0 Å². The first kappa shape index (κ1) is 15.9. The van der Waals surface area contributed by atoms with E-state index in [4.69, 9.17) is 0 Å². The number of aromatic nitrogens is 1. The summed E-state index contributed by atoms with van der Waals surface area (Å²) in [5.74, 6) is 0.110. The van der Waals surface area contributed by atoms with Crippen LogP contribution >= 0.6 is 15.9 Å². The molecule has 3 aromatic rings. The second-order valence-electron chi connectivity index (χ2n) is 7.48. The van der Waals surface area contributed by atoms with E-state index in [1.807, 2.05) is 6.07 Å². The molecule has 0 radical (unpaired) electrons. The Hall–Kier alpha value is -1.58. The Kier molecular flexibility index (Phi) is 3.45. The summed E-state index contributed by atoms with van der Waals surface area (Å²) >= 11 is 3.78. The summed E-state index contributed by atoms with van der Waals surface area (Å²) in [6.45, 7) is 8.58. The molecule has 2 nitrogen and oxygen atoms in total. The van der Waals surface area contributed by atoms with Gasteiger partial charge in [0.05, 0.1) is 17.0 Å². The van der Waals surface area contributed by atoms with Crippen LogP contribution in [0.1, 0.15) is 43.4 Å². The Morgan fingerprint density at radius 3 is 2.54 bits per heavy atom. The van der Waals surface area contributed by atoms with Crippen molar-refractivity contribution < 1.29 is 5.11 Å². The van der Waals surface area contributed by atoms with Crippen LogP contribution in [0.4, 0.5) is 0 Å². The second kappa shape index (κ2) is 5.21. The van der Waals surface area contributed by atoms with Gasteiger partial charge < -0.3 is 9.67 Å². The van der Waals surface area contributed by atoms with Gasteiger partial charge in [-0.2, -0.15) is 0 Å². The van der Waals surface area contributed by atoms with Crippen molar-refractivity contribution in [2.45, 2.75) is 45.3 Å². The first-order chi connectivity index (χ1) is 11.3. The second-order valence-corrected chi connectivity index (χ2v) is 8.33. The minimum absolute atomic E-state index is 0.110. The lowest BCUT2D eigenvalue weighted by atomic mass is 9.80. The number of hydrogen-bond acceptors (Lipinski definition) is 1. The largest absolute Gasteiger partial charge is 0.390 e. The first-order valence-electron chi connectivity index (χ1n) is 8.42. The molecule has 4 rings (SSSR count). The van der Waals surface area contributed by atoms with Crippen molar-refractivity contribution in [3.8, 4) is 0 Å². The zero-order chi connectivity index (χ0) is 17.2. The maximum absolute atomic E-state index is 10.9. The maximum Gasteiger partial charge on any atom is 0.0836 e. The minimum atomic E-state index is -0.404. The fraction of sp³-hybridized carbons (Fsp3) is 0.333. The van der Waals surface area contributed by atoms with Gasteiger partial charge in [-0.25, -0.2) is 0 Å². The topological polar surface area (TPSA) is 25.2 Å². The molecule has 1 aromatic heterocycles. The van der Waals surface area contributed by atoms with Gasteiger partial charge in [0.2, 0.25) is 0 Å². The normalized spacial score (nSPS) is 23.2. The molecule has 24 heavy (non-hydrogen) atoms. The molecular weight excluding hydrogens is 362 g/mol. The summed E-state index contributed by atoms with van der Waals surface area (Å²) in [7, 11) is 0. The zero-order valence-corrected chi connectivity index (χ0v) is 16.1. The van der Waals surface area contributed by atoms with Gasteiger partial charge in [-0.05, 0) is 49.6 Å². The van der Waals surface area contributed by atoms with E-state index in [1.54, 1.807) is 0 Å². The van der Waals surface area contributed by atoms with Crippen molar-refractivity contribution in [2.24, 2.45) is 0 Å². The van der Waals surface area contributed by atoms with E-state index in [2.05, 4.69) is 84.6 Å². The van der Waals surface area contributed by atoms with Crippen LogP contribution in [0.5, 0.6) is 0 Å². The van der Waals surface area contributed by atoms with Crippen molar-refractivity contribution in [2.75, 3.05) is 0 Å². The van der Waals surface area contributed by atoms with Gasteiger partial charge in [0, 0.05) is 21.3 Å². The van der Waals surface area contributed by atoms with Crippen LogP contribution in [-0.2, 0) is 5.54 Å². The Morgan fingerprint density at radius 2 is 1.88 bits per heavy atom. The van der Waals surface area contributed by atoms with Crippen LogP contribution in [0.15, 0.2) is 40.9 Å². The third-order valence-electron chi connectivity index (χ3n) is 5.53. The van der Waals surface area contributed by atoms with Crippen molar-refractivity contribution in [1.82, 2.24) is 4.57 Å². The molecule has 2 heterocycles. The van der Waals surface area contributed by atoms with Crippen LogP contribution < -0.4 is 5.35 Å². The number of aliphatic hydroxyl groups is 1. The molecule has 1 aliphatic heterocycles. The number of rotatable bonds is 1. The molecule has 0 saturated carbocycles. The van der Waals surface area contributed by atoms with E-state index in [9.17, 15) is 5.11 Å². The van der Waals surface area contributed by atoms with E-state index in [1.165, 1.54) is 32.9 Å². The highest BCUT2D eigenvalue weighted by atomic mass is 79.9. The lowest BCUT2D eigenvalue weighted by Gasteiger charge is -2.40. The highest BCUT2D eigenvalue weighted by Crippen LogP contribution is 2.45. The Bertz CT molecular complexity index is 984. The predicted octanol–water partition coefficient (Wildman–Crippen LogP) is 4.47. The van der Waals surface area contributed by atoms with Gasteiger partial charge in [0.15, 0.2) is 0 Å². The molecule has 0 unspecified atom stereocenters. The average molecular weight is 384 g/mol. The summed E-state index contributed by atoms with van der Waals surface area (Å²) in [5.41, 5.74) is 4.63. The highest BCUT2D eigenvalue weighted by molar-refractivity contribution is 9.10. The van der Waals surface area contributed by atoms with Crippen LogP contribution in [0.25, 0.3) is 17.0 Å². The molecule has 124 valence electrons. The fourth-order valence-electron chi connectivity index (χ4n) is 4.37. The molecule has 1 N–H and O–H groups in total. The molecule has 0 saturated heterocycles. The molecule has 0 fully saturated rings. The van der Waals surface area contributed by atoms with Crippen molar-refractivity contribution >= 4 is 32.9 Å². The summed E-state index contributed by atoms with van der Waals surface area (Å²) in [5, 5.41) is 13.4. The number of aryl methyl sites for hydroxylation is 1. The average Bonchev–Trinajstić information content (AvgIpc) is 2.81.